The van der Waals surface area contributed by atoms with E-state index in [2.05, 4.69) is 15.3 Å². The molecule has 0 radical (unpaired) electrons. The van der Waals surface area contributed by atoms with Crippen molar-refractivity contribution in [2.45, 2.75) is 6.92 Å². The van der Waals surface area contributed by atoms with Crippen LogP contribution in [0.1, 0.15) is 36.8 Å². The molecule has 36 heavy (non-hydrogen) atoms. The van der Waals surface area contributed by atoms with Crippen molar-refractivity contribution in [3.05, 3.63) is 113 Å². The van der Waals surface area contributed by atoms with E-state index in [0.29, 0.717) is 11.3 Å². The van der Waals surface area contributed by atoms with Gasteiger partial charge < -0.3 is 9.47 Å². The second-order valence-electron chi connectivity index (χ2n) is 7.71. The molecule has 0 N–H and O–H groups in total. The molecule has 0 unspecified atom stereocenters. The van der Waals surface area contributed by atoms with Crippen LogP contribution in [-0.2, 0) is 0 Å². The monoisotopic (exact) mass is 478 g/mol. The predicted molar refractivity (Wildman–Crippen MR) is 129 cm³/mol. The van der Waals surface area contributed by atoms with E-state index in [1.807, 2.05) is 0 Å². The molecule has 0 saturated heterocycles. The summed E-state index contributed by atoms with van der Waals surface area (Å²) in [5, 5.41) is 12.6. The van der Waals surface area contributed by atoms with E-state index in [9.17, 15) is 14.4 Å². The van der Waals surface area contributed by atoms with Crippen molar-refractivity contribution in [1.82, 2.24) is 20.0 Å². The number of hydrogen-bond donors (Lipinski definition) is 0. The van der Waals surface area contributed by atoms with Gasteiger partial charge in [-0.1, -0.05) is 54.6 Å². The van der Waals surface area contributed by atoms with Gasteiger partial charge in [0.1, 0.15) is 0 Å². The van der Waals surface area contributed by atoms with E-state index in [-0.39, 0.29) is 33.8 Å². The van der Waals surface area contributed by atoms with Crippen LogP contribution >= 0.6 is 0 Å². The van der Waals surface area contributed by atoms with Gasteiger partial charge in [-0.2, -0.15) is 9.78 Å². The van der Waals surface area contributed by atoms with Gasteiger partial charge in [0, 0.05) is 5.56 Å². The smallest absolute Gasteiger partial charge is 0.345 e. The third kappa shape index (κ3) is 4.32. The third-order valence-electron chi connectivity index (χ3n) is 5.31. The Kier molecular flexibility index (Phi) is 6.02. The lowest BCUT2D eigenvalue weighted by atomic mass is 10.2. The third-order valence-corrected chi connectivity index (χ3v) is 5.31. The highest BCUT2D eigenvalue weighted by molar-refractivity contribution is 6.03. The lowest BCUT2D eigenvalue weighted by Gasteiger charge is -2.11. The zero-order valence-electron chi connectivity index (χ0n) is 19.0. The first-order valence-electron chi connectivity index (χ1n) is 10.9. The van der Waals surface area contributed by atoms with Crippen LogP contribution in [0.4, 0.5) is 0 Å². The topological polar surface area (TPSA) is 113 Å². The number of benzene rings is 3. The van der Waals surface area contributed by atoms with E-state index in [1.165, 1.54) is 0 Å². The average Bonchev–Trinajstić information content (AvgIpc) is 3.27. The summed E-state index contributed by atoms with van der Waals surface area (Å²) < 4.78 is 12.2. The van der Waals surface area contributed by atoms with Crippen LogP contribution in [-0.4, -0.2) is 37.8 Å². The van der Waals surface area contributed by atoms with Crippen LogP contribution in [0.3, 0.4) is 0 Å². The number of carbonyl (C=O) groups is 3. The first-order valence-corrected chi connectivity index (χ1v) is 10.9. The summed E-state index contributed by atoms with van der Waals surface area (Å²) in [7, 11) is 0. The van der Waals surface area contributed by atoms with Crippen molar-refractivity contribution < 1.29 is 23.9 Å². The zero-order chi connectivity index (χ0) is 25.1. The normalized spacial score (nSPS) is 10.7. The van der Waals surface area contributed by atoms with Gasteiger partial charge in [-0.05, 0) is 43.3 Å². The van der Waals surface area contributed by atoms with Gasteiger partial charge in [0.05, 0.1) is 22.2 Å². The molecule has 3 aromatic carbocycles. The molecule has 5 rings (SSSR count). The van der Waals surface area contributed by atoms with Gasteiger partial charge >= 0.3 is 11.9 Å². The fraction of sp³-hybridized carbons (Fsp3) is 0.0370. The minimum atomic E-state index is -0.716. The molecule has 0 aliphatic rings. The molecule has 0 fully saturated rings. The maximum absolute atomic E-state index is 13.1. The Bertz CT molecular complexity index is 1580. The largest absolute Gasteiger partial charge is 0.416 e. The number of nitrogens with zero attached hydrogens (tertiary/aromatic N) is 4. The van der Waals surface area contributed by atoms with E-state index in [1.54, 1.807) is 97.9 Å². The number of aryl methyl sites for hydroxylation is 1. The SMILES string of the molecule is Cc1nn(C(=O)c2ccccc2)c2nnc(OC(=O)c3ccccc3)c(OC(=O)c3ccccc3)c12. The van der Waals surface area contributed by atoms with Crippen LogP contribution in [0.25, 0.3) is 11.0 Å². The molecule has 2 heterocycles. The molecule has 9 heteroatoms. The number of carbonyl (C=O) groups excluding carboxylic acids is 3. The van der Waals surface area contributed by atoms with E-state index < -0.39 is 17.8 Å². The zero-order valence-corrected chi connectivity index (χ0v) is 19.0. The van der Waals surface area contributed by atoms with Crippen molar-refractivity contribution in [3.8, 4) is 11.6 Å². The summed E-state index contributed by atoms with van der Waals surface area (Å²) in [6.07, 6.45) is 0. The molecular formula is C27H18N4O5. The molecule has 9 nitrogen and oxygen atoms in total. The number of fused-ring (bicyclic) bond motifs is 1. The summed E-state index contributed by atoms with van der Waals surface area (Å²) in [6, 6.07) is 25.1. The quantitative estimate of drug-likeness (QED) is 0.344. The first kappa shape index (κ1) is 22.6. The average molecular weight is 478 g/mol. The van der Waals surface area contributed by atoms with Crippen molar-refractivity contribution in [2.24, 2.45) is 0 Å². The van der Waals surface area contributed by atoms with E-state index in [4.69, 9.17) is 9.47 Å². The van der Waals surface area contributed by atoms with Crippen LogP contribution in [0, 0.1) is 6.92 Å². The first-order chi connectivity index (χ1) is 17.5. The number of aromatic nitrogens is 4. The molecule has 0 amide bonds. The Morgan fingerprint density at radius 1 is 0.667 bits per heavy atom. The maximum Gasteiger partial charge on any atom is 0.345 e. The second kappa shape index (κ2) is 9.59. The Hall–Kier alpha value is -5.18. The fourth-order valence-electron chi connectivity index (χ4n) is 3.57. The van der Waals surface area contributed by atoms with Crippen molar-refractivity contribution >= 4 is 28.9 Å². The van der Waals surface area contributed by atoms with Gasteiger partial charge in [-0.3, -0.25) is 4.79 Å². The number of ether oxygens (including phenoxy) is 2. The number of esters is 2. The van der Waals surface area contributed by atoms with Crippen LogP contribution in [0.15, 0.2) is 91.0 Å². The molecule has 2 aromatic heterocycles. The second-order valence-corrected chi connectivity index (χ2v) is 7.71. The molecule has 0 saturated carbocycles. The van der Waals surface area contributed by atoms with Crippen LogP contribution < -0.4 is 9.47 Å². The molecule has 5 aromatic rings. The summed E-state index contributed by atoms with van der Waals surface area (Å²) in [4.78, 5) is 38.8. The van der Waals surface area contributed by atoms with Gasteiger partial charge in [0.2, 0.25) is 5.75 Å². The molecule has 176 valence electrons. The van der Waals surface area contributed by atoms with Gasteiger partial charge in [-0.15, -0.1) is 10.2 Å². The van der Waals surface area contributed by atoms with Crippen LogP contribution in [0.2, 0.25) is 0 Å². The summed E-state index contributed by atoms with van der Waals surface area (Å²) in [5.74, 6) is -2.36. The molecule has 0 aliphatic carbocycles. The highest BCUT2D eigenvalue weighted by atomic mass is 16.6. The molecule has 0 bridgehead atoms. The van der Waals surface area contributed by atoms with Crippen LogP contribution in [0.5, 0.6) is 11.6 Å². The van der Waals surface area contributed by atoms with Gasteiger partial charge in [-0.25, -0.2) is 9.59 Å². The van der Waals surface area contributed by atoms with Crippen molar-refractivity contribution in [1.29, 1.82) is 0 Å². The predicted octanol–water partition coefficient (Wildman–Crippen LogP) is 4.26. The van der Waals surface area contributed by atoms with Crippen molar-refractivity contribution in [3.63, 3.8) is 0 Å². The standard InChI is InChI=1S/C27H18N4O5/c1-17-21-22(35-26(33)19-13-7-3-8-14-19)24(36-27(34)20-15-9-4-10-16-20)29-28-23(21)31(30-17)25(32)18-11-5-2-6-12-18/h2-16H,1H3. The van der Waals surface area contributed by atoms with E-state index >= 15 is 0 Å². The Morgan fingerprint density at radius 3 is 1.72 bits per heavy atom. The number of hydrogen-bond acceptors (Lipinski definition) is 8. The summed E-state index contributed by atoms with van der Waals surface area (Å²) >= 11 is 0. The molecular weight excluding hydrogens is 460 g/mol. The molecule has 0 spiro atoms. The summed E-state index contributed by atoms with van der Waals surface area (Å²) in [5.41, 5.74) is 1.31. The lowest BCUT2D eigenvalue weighted by molar-refractivity contribution is 0.0676. The minimum Gasteiger partial charge on any atom is -0.416 e. The van der Waals surface area contributed by atoms with Gasteiger partial charge in [0.15, 0.2) is 5.65 Å². The highest BCUT2D eigenvalue weighted by Gasteiger charge is 2.27. The van der Waals surface area contributed by atoms with E-state index in [0.717, 1.165) is 4.68 Å². The maximum atomic E-state index is 13.1. The lowest BCUT2D eigenvalue weighted by Crippen LogP contribution is -2.16. The van der Waals surface area contributed by atoms with Crippen molar-refractivity contribution in [2.75, 3.05) is 0 Å². The number of rotatable bonds is 5. The highest BCUT2D eigenvalue weighted by Crippen LogP contribution is 2.36. The molecule has 0 atom stereocenters. The van der Waals surface area contributed by atoms with Gasteiger partial charge in [0.25, 0.3) is 11.8 Å². The Morgan fingerprint density at radius 2 is 1.17 bits per heavy atom. The minimum absolute atomic E-state index is 0.0525. The fourth-order valence-corrected chi connectivity index (χ4v) is 3.57. The Balaban J connectivity index is 1.62. The summed E-state index contributed by atoms with van der Waals surface area (Å²) in [6.45, 7) is 1.63. The molecule has 0 aliphatic heterocycles. The Labute approximate surface area is 204 Å².